The van der Waals surface area contributed by atoms with Gasteiger partial charge >= 0.3 is 0 Å². The first kappa shape index (κ1) is 15.4. The third kappa shape index (κ3) is 2.61. The lowest BCUT2D eigenvalue weighted by atomic mass is 9.48. The quantitative estimate of drug-likeness (QED) is 0.528. The Balaban J connectivity index is 2.22. The Morgan fingerprint density at radius 1 is 0.526 bits per heavy atom. The molecule has 112 valence electrons. The zero-order valence-corrected chi connectivity index (χ0v) is 14.4. The van der Waals surface area contributed by atoms with Gasteiger partial charge in [-0.25, -0.2) is 0 Å². The van der Waals surface area contributed by atoms with Gasteiger partial charge in [0.1, 0.15) is 0 Å². The molecule has 0 heteroatoms. The standard InChI is InChI=1S/C19H36/c1-16(2)11-7-9-13-18(16,5)15-19(6)14-10-8-12-17(19,3)4/h7-15H2,1-6H3. The minimum atomic E-state index is 0.530. The molecule has 0 nitrogen and oxygen atoms in total. The molecule has 0 bridgehead atoms. The molecule has 2 saturated carbocycles. The second-order valence-corrected chi connectivity index (χ2v) is 9.48. The van der Waals surface area contributed by atoms with Gasteiger partial charge in [-0.2, -0.15) is 0 Å². The van der Waals surface area contributed by atoms with Crippen LogP contribution in [0.2, 0.25) is 0 Å². The van der Waals surface area contributed by atoms with Crippen molar-refractivity contribution in [1.29, 1.82) is 0 Å². The first-order valence-corrected chi connectivity index (χ1v) is 8.62. The van der Waals surface area contributed by atoms with E-state index in [4.69, 9.17) is 0 Å². The van der Waals surface area contributed by atoms with E-state index in [1.54, 1.807) is 0 Å². The van der Waals surface area contributed by atoms with E-state index >= 15 is 0 Å². The van der Waals surface area contributed by atoms with Crippen molar-refractivity contribution < 1.29 is 0 Å². The molecule has 0 spiro atoms. The summed E-state index contributed by atoms with van der Waals surface area (Å²) in [5.74, 6) is 0. The summed E-state index contributed by atoms with van der Waals surface area (Å²) in [6.45, 7) is 15.3. The molecule has 0 N–H and O–H groups in total. The average Bonchev–Trinajstić information content (AvgIpc) is 2.27. The van der Waals surface area contributed by atoms with Gasteiger partial charge in [-0.3, -0.25) is 0 Å². The van der Waals surface area contributed by atoms with E-state index in [1.807, 2.05) is 0 Å². The molecule has 2 fully saturated rings. The molecule has 0 aromatic heterocycles. The van der Waals surface area contributed by atoms with Crippen LogP contribution in [0.3, 0.4) is 0 Å². The maximum Gasteiger partial charge on any atom is -0.0269 e. The van der Waals surface area contributed by atoms with Crippen LogP contribution in [0.25, 0.3) is 0 Å². The molecule has 2 unspecified atom stereocenters. The van der Waals surface area contributed by atoms with Crippen molar-refractivity contribution in [2.24, 2.45) is 21.7 Å². The molecule has 19 heavy (non-hydrogen) atoms. The van der Waals surface area contributed by atoms with Gasteiger partial charge in [-0.1, -0.05) is 67.2 Å². The fourth-order valence-electron chi connectivity index (χ4n) is 4.96. The Kier molecular flexibility index (Phi) is 3.87. The Labute approximate surface area is 121 Å². The van der Waals surface area contributed by atoms with Crippen LogP contribution >= 0.6 is 0 Å². The second kappa shape index (κ2) is 4.78. The molecule has 0 heterocycles. The SMILES string of the molecule is CC1(C)CCCCC1(C)CC1(C)CCCCC1(C)C. The highest BCUT2D eigenvalue weighted by Gasteiger charge is 2.51. The smallest absolute Gasteiger partial charge is 0.0269 e. The van der Waals surface area contributed by atoms with Crippen LogP contribution in [-0.4, -0.2) is 0 Å². The van der Waals surface area contributed by atoms with E-state index in [1.165, 1.54) is 57.8 Å². The van der Waals surface area contributed by atoms with Crippen LogP contribution < -0.4 is 0 Å². The number of rotatable bonds is 2. The van der Waals surface area contributed by atoms with Gasteiger partial charge in [-0.15, -0.1) is 0 Å². The highest BCUT2D eigenvalue weighted by atomic mass is 14.6. The summed E-state index contributed by atoms with van der Waals surface area (Å²) in [6, 6.07) is 0. The predicted octanol–water partition coefficient (Wildman–Crippen LogP) is 6.59. The van der Waals surface area contributed by atoms with E-state index < -0.39 is 0 Å². The molecule has 0 amide bonds. The highest BCUT2D eigenvalue weighted by Crippen LogP contribution is 2.61. The molecule has 2 atom stereocenters. The fraction of sp³-hybridized carbons (Fsp3) is 1.00. The monoisotopic (exact) mass is 264 g/mol. The maximum absolute atomic E-state index is 2.60. The first-order chi connectivity index (χ1) is 8.62. The number of hydrogen-bond donors (Lipinski definition) is 0. The molecule has 2 aliphatic rings. The van der Waals surface area contributed by atoms with Gasteiger partial charge < -0.3 is 0 Å². The summed E-state index contributed by atoms with van der Waals surface area (Å²) < 4.78 is 0. The van der Waals surface area contributed by atoms with Crippen LogP contribution in [0.4, 0.5) is 0 Å². The molecular weight excluding hydrogens is 228 g/mol. The van der Waals surface area contributed by atoms with E-state index in [9.17, 15) is 0 Å². The normalized spacial score (nSPS) is 42.0. The van der Waals surface area contributed by atoms with Gasteiger partial charge in [0.05, 0.1) is 0 Å². The van der Waals surface area contributed by atoms with Crippen LogP contribution in [0.15, 0.2) is 0 Å². The lowest BCUT2D eigenvalue weighted by Gasteiger charge is -2.57. The predicted molar refractivity (Wildman–Crippen MR) is 85.3 cm³/mol. The summed E-state index contributed by atoms with van der Waals surface area (Å²) in [6.07, 6.45) is 13.0. The van der Waals surface area contributed by atoms with Gasteiger partial charge in [0.25, 0.3) is 0 Å². The van der Waals surface area contributed by atoms with Gasteiger partial charge in [0.15, 0.2) is 0 Å². The van der Waals surface area contributed by atoms with Crippen molar-refractivity contribution in [2.75, 3.05) is 0 Å². The zero-order chi connectivity index (χ0) is 14.4. The third-order valence-electron chi connectivity index (χ3n) is 7.61. The van der Waals surface area contributed by atoms with E-state index in [-0.39, 0.29) is 0 Å². The molecule has 0 radical (unpaired) electrons. The lowest BCUT2D eigenvalue weighted by molar-refractivity contribution is -0.0701. The van der Waals surface area contributed by atoms with E-state index in [0.717, 1.165) is 0 Å². The minimum absolute atomic E-state index is 0.530. The molecule has 2 aliphatic carbocycles. The zero-order valence-electron chi connectivity index (χ0n) is 14.4. The lowest BCUT2D eigenvalue weighted by Crippen LogP contribution is -2.47. The van der Waals surface area contributed by atoms with Gasteiger partial charge in [-0.05, 0) is 53.8 Å². The summed E-state index contributed by atoms with van der Waals surface area (Å²) in [5.41, 5.74) is 2.16. The average molecular weight is 264 g/mol. The van der Waals surface area contributed by atoms with Gasteiger partial charge in [0, 0.05) is 0 Å². The van der Waals surface area contributed by atoms with Crippen molar-refractivity contribution in [3.05, 3.63) is 0 Å². The van der Waals surface area contributed by atoms with Crippen molar-refractivity contribution in [3.63, 3.8) is 0 Å². The van der Waals surface area contributed by atoms with Crippen LogP contribution in [0.5, 0.6) is 0 Å². The first-order valence-electron chi connectivity index (χ1n) is 8.62. The number of hydrogen-bond acceptors (Lipinski definition) is 0. The summed E-state index contributed by atoms with van der Waals surface area (Å²) in [7, 11) is 0. The van der Waals surface area contributed by atoms with Gasteiger partial charge in [0.2, 0.25) is 0 Å². The topological polar surface area (TPSA) is 0 Å². The third-order valence-corrected chi connectivity index (χ3v) is 7.61. The van der Waals surface area contributed by atoms with Crippen molar-refractivity contribution in [1.82, 2.24) is 0 Å². The maximum atomic E-state index is 2.60. The van der Waals surface area contributed by atoms with Crippen LogP contribution in [-0.2, 0) is 0 Å². The molecule has 0 aliphatic heterocycles. The molecule has 0 saturated heterocycles. The Hall–Kier alpha value is 0. The second-order valence-electron chi connectivity index (χ2n) is 9.48. The minimum Gasteiger partial charge on any atom is -0.0594 e. The van der Waals surface area contributed by atoms with Crippen molar-refractivity contribution in [2.45, 2.75) is 99.3 Å². The van der Waals surface area contributed by atoms with E-state index in [2.05, 4.69) is 41.5 Å². The van der Waals surface area contributed by atoms with Crippen LogP contribution in [0.1, 0.15) is 99.3 Å². The largest absolute Gasteiger partial charge is 0.0594 e. The molecule has 0 aromatic carbocycles. The van der Waals surface area contributed by atoms with Crippen molar-refractivity contribution >= 4 is 0 Å². The summed E-state index contributed by atoms with van der Waals surface area (Å²) >= 11 is 0. The molecular formula is C19H36. The molecule has 0 aromatic rings. The highest BCUT2D eigenvalue weighted by molar-refractivity contribution is 5.01. The van der Waals surface area contributed by atoms with Crippen molar-refractivity contribution in [3.8, 4) is 0 Å². The Morgan fingerprint density at radius 2 is 0.842 bits per heavy atom. The fourth-order valence-corrected chi connectivity index (χ4v) is 4.96. The summed E-state index contributed by atoms with van der Waals surface area (Å²) in [4.78, 5) is 0. The Morgan fingerprint density at radius 3 is 1.16 bits per heavy atom. The van der Waals surface area contributed by atoms with E-state index in [0.29, 0.717) is 21.7 Å². The molecule has 2 rings (SSSR count). The Bertz CT molecular complexity index is 293. The van der Waals surface area contributed by atoms with Crippen LogP contribution in [0, 0.1) is 21.7 Å². The summed E-state index contributed by atoms with van der Waals surface area (Å²) in [5, 5.41) is 0.